The number of nitrogens with zero attached hydrogens (tertiary/aromatic N) is 3. The highest BCUT2D eigenvalue weighted by atomic mass is 19.1. The number of hydrogen-bond donors (Lipinski definition) is 1. The molecule has 1 aliphatic rings. The van der Waals surface area contributed by atoms with Crippen LogP contribution in [0, 0.1) is 5.82 Å². The van der Waals surface area contributed by atoms with Crippen LogP contribution in [0.5, 0.6) is 0 Å². The number of rotatable bonds is 7. The van der Waals surface area contributed by atoms with Crippen molar-refractivity contribution >= 4 is 11.9 Å². The maximum Gasteiger partial charge on any atom is 0.318 e. The highest BCUT2D eigenvalue weighted by Gasteiger charge is 2.28. The number of halogens is 1. The van der Waals surface area contributed by atoms with Crippen LogP contribution in [0.3, 0.4) is 0 Å². The molecule has 3 heterocycles. The quantitative estimate of drug-likeness (QED) is 0.595. The molecule has 170 valence electrons. The summed E-state index contributed by atoms with van der Waals surface area (Å²) in [4.78, 5) is 16.7. The first-order valence-electron chi connectivity index (χ1n) is 10.7. The SMILES string of the molecule is CC(C)NC(=O)N(Cc1ccco1)Cc1c(-c2ccc(F)cc2)noc1N1CCOCC1. The lowest BCUT2D eigenvalue weighted by atomic mass is 10.1. The van der Waals surface area contributed by atoms with E-state index in [1.807, 2.05) is 19.9 Å². The van der Waals surface area contributed by atoms with Gasteiger partial charge in [-0.25, -0.2) is 9.18 Å². The molecule has 0 atom stereocenters. The number of aromatic nitrogens is 1. The van der Waals surface area contributed by atoms with Crippen molar-refractivity contribution in [1.82, 2.24) is 15.4 Å². The monoisotopic (exact) mass is 442 g/mol. The molecule has 1 aliphatic heterocycles. The number of urea groups is 1. The molecule has 0 bridgehead atoms. The van der Waals surface area contributed by atoms with Crippen molar-refractivity contribution in [2.75, 3.05) is 31.2 Å². The van der Waals surface area contributed by atoms with E-state index in [1.165, 1.54) is 12.1 Å². The van der Waals surface area contributed by atoms with E-state index in [2.05, 4.69) is 15.4 Å². The van der Waals surface area contributed by atoms with E-state index >= 15 is 0 Å². The van der Waals surface area contributed by atoms with E-state index in [-0.39, 0.29) is 31.0 Å². The largest absolute Gasteiger partial charge is 0.467 e. The average molecular weight is 442 g/mol. The second kappa shape index (κ2) is 9.86. The number of benzene rings is 1. The highest BCUT2D eigenvalue weighted by molar-refractivity contribution is 5.76. The molecule has 1 saturated heterocycles. The van der Waals surface area contributed by atoms with Crippen LogP contribution in [0.4, 0.5) is 15.1 Å². The molecule has 0 saturated carbocycles. The maximum absolute atomic E-state index is 13.5. The van der Waals surface area contributed by atoms with E-state index < -0.39 is 0 Å². The predicted octanol–water partition coefficient (Wildman–Crippen LogP) is 4.03. The van der Waals surface area contributed by atoms with Gasteiger partial charge in [0.25, 0.3) is 0 Å². The Kier molecular flexibility index (Phi) is 6.75. The highest BCUT2D eigenvalue weighted by Crippen LogP contribution is 2.33. The predicted molar refractivity (Wildman–Crippen MR) is 117 cm³/mol. The summed E-state index contributed by atoms with van der Waals surface area (Å²) in [5.41, 5.74) is 2.05. The number of hydrogen-bond acceptors (Lipinski definition) is 6. The zero-order valence-electron chi connectivity index (χ0n) is 18.2. The lowest BCUT2D eigenvalue weighted by molar-refractivity contribution is 0.119. The lowest BCUT2D eigenvalue weighted by Gasteiger charge is -2.28. The van der Waals surface area contributed by atoms with Gasteiger partial charge in [-0.2, -0.15) is 0 Å². The molecule has 9 heteroatoms. The molecule has 2 aromatic heterocycles. The van der Waals surface area contributed by atoms with Gasteiger partial charge in [-0.15, -0.1) is 0 Å². The van der Waals surface area contributed by atoms with Crippen LogP contribution in [0.25, 0.3) is 11.3 Å². The molecule has 0 aliphatic carbocycles. The third-order valence-electron chi connectivity index (χ3n) is 5.16. The van der Waals surface area contributed by atoms with Gasteiger partial charge >= 0.3 is 6.03 Å². The summed E-state index contributed by atoms with van der Waals surface area (Å²) in [5, 5.41) is 7.24. The molecular weight excluding hydrogens is 415 g/mol. The van der Waals surface area contributed by atoms with Crippen molar-refractivity contribution in [2.45, 2.75) is 33.0 Å². The van der Waals surface area contributed by atoms with Gasteiger partial charge in [0, 0.05) is 24.7 Å². The molecule has 0 radical (unpaired) electrons. The third-order valence-corrected chi connectivity index (χ3v) is 5.16. The number of carbonyl (C=O) groups excluding carboxylic acids is 1. The van der Waals surface area contributed by atoms with Crippen LogP contribution in [-0.4, -0.2) is 48.4 Å². The molecular formula is C23H27FN4O4. The number of morpholine rings is 1. The number of carbonyl (C=O) groups is 1. The second-order valence-corrected chi connectivity index (χ2v) is 7.96. The Balaban J connectivity index is 1.70. The molecule has 4 rings (SSSR count). The third kappa shape index (κ3) is 5.11. The Morgan fingerprint density at radius 1 is 1.19 bits per heavy atom. The number of ether oxygens (including phenoxy) is 1. The molecule has 32 heavy (non-hydrogen) atoms. The Hall–Kier alpha value is -3.33. The van der Waals surface area contributed by atoms with Gasteiger partial charge in [-0.1, -0.05) is 5.16 Å². The summed E-state index contributed by atoms with van der Waals surface area (Å²) >= 11 is 0. The first kappa shape index (κ1) is 21.9. The molecule has 1 aromatic carbocycles. The normalized spacial score (nSPS) is 14.1. The topological polar surface area (TPSA) is 84.0 Å². The second-order valence-electron chi connectivity index (χ2n) is 7.96. The number of furan rings is 1. The Bertz CT molecular complexity index is 1010. The number of amides is 2. The Morgan fingerprint density at radius 2 is 1.94 bits per heavy atom. The fraction of sp³-hybridized carbons (Fsp3) is 0.391. The van der Waals surface area contributed by atoms with Crippen LogP contribution in [0.1, 0.15) is 25.2 Å². The fourth-order valence-corrected chi connectivity index (χ4v) is 3.61. The van der Waals surface area contributed by atoms with Crippen LogP contribution in [0.15, 0.2) is 51.6 Å². The van der Waals surface area contributed by atoms with Gasteiger partial charge in [0.05, 0.1) is 38.1 Å². The van der Waals surface area contributed by atoms with E-state index in [0.717, 1.165) is 5.56 Å². The van der Waals surface area contributed by atoms with Gasteiger partial charge in [0.15, 0.2) is 0 Å². The fourth-order valence-electron chi connectivity index (χ4n) is 3.61. The van der Waals surface area contributed by atoms with Crippen LogP contribution < -0.4 is 10.2 Å². The molecule has 2 amide bonds. The van der Waals surface area contributed by atoms with Crippen molar-refractivity contribution in [3.63, 3.8) is 0 Å². The Labute approximate surface area is 185 Å². The van der Waals surface area contributed by atoms with Gasteiger partial charge in [0.2, 0.25) is 5.88 Å². The van der Waals surface area contributed by atoms with E-state index in [4.69, 9.17) is 13.7 Å². The number of nitrogens with one attached hydrogen (secondary N) is 1. The summed E-state index contributed by atoms with van der Waals surface area (Å²) in [5.74, 6) is 0.925. The smallest absolute Gasteiger partial charge is 0.318 e. The van der Waals surface area contributed by atoms with E-state index in [1.54, 1.807) is 29.4 Å². The molecule has 1 fully saturated rings. The minimum Gasteiger partial charge on any atom is -0.467 e. The standard InChI is InChI=1S/C23H27FN4O4/c1-16(2)25-23(29)28(14-19-4-3-11-31-19)15-20-21(17-5-7-18(24)8-6-17)26-32-22(20)27-9-12-30-13-10-27/h3-8,11,16H,9-10,12-15H2,1-2H3,(H,25,29). The van der Waals surface area contributed by atoms with Crippen LogP contribution in [-0.2, 0) is 17.8 Å². The molecule has 3 aromatic rings. The van der Waals surface area contributed by atoms with E-state index in [9.17, 15) is 9.18 Å². The summed E-state index contributed by atoms with van der Waals surface area (Å²) in [6.07, 6.45) is 1.58. The van der Waals surface area contributed by atoms with Crippen molar-refractivity contribution in [2.24, 2.45) is 0 Å². The van der Waals surface area contributed by atoms with Gasteiger partial charge in [0.1, 0.15) is 17.3 Å². The van der Waals surface area contributed by atoms with Gasteiger partial charge < -0.3 is 28.8 Å². The average Bonchev–Trinajstić information content (AvgIpc) is 3.44. The van der Waals surface area contributed by atoms with Gasteiger partial charge in [-0.3, -0.25) is 0 Å². The van der Waals surface area contributed by atoms with Crippen molar-refractivity contribution in [1.29, 1.82) is 0 Å². The van der Waals surface area contributed by atoms with Crippen molar-refractivity contribution in [3.8, 4) is 11.3 Å². The summed E-state index contributed by atoms with van der Waals surface area (Å²) in [7, 11) is 0. The van der Waals surface area contributed by atoms with Gasteiger partial charge in [-0.05, 0) is 50.2 Å². The molecule has 0 spiro atoms. The molecule has 8 nitrogen and oxygen atoms in total. The number of anilines is 1. The summed E-state index contributed by atoms with van der Waals surface area (Å²) in [6, 6.07) is 9.44. The first-order valence-corrected chi connectivity index (χ1v) is 10.7. The van der Waals surface area contributed by atoms with E-state index in [0.29, 0.717) is 49.2 Å². The Morgan fingerprint density at radius 3 is 2.59 bits per heavy atom. The minimum atomic E-state index is -0.331. The minimum absolute atomic E-state index is 0.0284. The van der Waals surface area contributed by atoms with Crippen molar-refractivity contribution in [3.05, 3.63) is 59.8 Å². The zero-order chi connectivity index (χ0) is 22.5. The van der Waals surface area contributed by atoms with Crippen molar-refractivity contribution < 1.29 is 22.9 Å². The lowest BCUT2D eigenvalue weighted by Crippen LogP contribution is -2.42. The summed E-state index contributed by atoms with van der Waals surface area (Å²) in [6.45, 7) is 6.80. The zero-order valence-corrected chi connectivity index (χ0v) is 18.2. The summed E-state index contributed by atoms with van der Waals surface area (Å²) < 4.78 is 30.2. The maximum atomic E-state index is 13.5. The molecule has 1 N–H and O–H groups in total. The van der Waals surface area contributed by atoms with Crippen LogP contribution >= 0.6 is 0 Å². The van der Waals surface area contributed by atoms with Crippen LogP contribution in [0.2, 0.25) is 0 Å². The molecule has 0 unspecified atom stereocenters. The first-order chi connectivity index (χ1) is 15.5.